The first-order chi connectivity index (χ1) is 8.09. The lowest BCUT2D eigenvalue weighted by Gasteiger charge is -2.28. The standard InChI is InChI=1S/C15H32N2/c1-13(2)12-17(14(3)4)11-7-10-16-15-8-5-6-9-15/h13-16H,5-12H2,1-4H3. The van der Waals surface area contributed by atoms with Gasteiger partial charge in [-0.3, -0.25) is 0 Å². The highest BCUT2D eigenvalue weighted by Crippen LogP contribution is 2.17. The molecule has 1 saturated carbocycles. The third kappa shape index (κ3) is 6.42. The Morgan fingerprint density at radius 2 is 1.76 bits per heavy atom. The second-order valence-corrected chi connectivity index (χ2v) is 6.27. The van der Waals surface area contributed by atoms with Gasteiger partial charge in [-0.1, -0.05) is 26.7 Å². The zero-order valence-electron chi connectivity index (χ0n) is 12.3. The summed E-state index contributed by atoms with van der Waals surface area (Å²) in [6, 6.07) is 1.51. The van der Waals surface area contributed by atoms with E-state index in [1.807, 2.05) is 0 Å². The molecule has 17 heavy (non-hydrogen) atoms. The summed E-state index contributed by atoms with van der Waals surface area (Å²) < 4.78 is 0. The summed E-state index contributed by atoms with van der Waals surface area (Å²) in [6.07, 6.45) is 6.97. The van der Waals surface area contributed by atoms with Gasteiger partial charge in [-0.05, 0) is 52.1 Å². The highest BCUT2D eigenvalue weighted by atomic mass is 15.1. The van der Waals surface area contributed by atoms with Gasteiger partial charge in [-0.25, -0.2) is 0 Å². The predicted molar refractivity (Wildman–Crippen MR) is 76.4 cm³/mol. The lowest BCUT2D eigenvalue weighted by molar-refractivity contribution is 0.194. The van der Waals surface area contributed by atoms with Gasteiger partial charge in [0.25, 0.3) is 0 Å². The molecule has 102 valence electrons. The first-order valence-electron chi connectivity index (χ1n) is 7.57. The van der Waals surface area contributed by atoms with E-state index in [1.54, 1.807) is 0 Å². The lowest BCUT2D eigenvalue weighted by atomic mass is 10.1. The Labute approximate surface area is 108 Å². The summed E-state index contributed by atoms with van der Waals surface area (Å²) in [4.78, 5) is 2.61. The zero-order chi connectivity index (χ0) is 12.7. The molecule has 0 radical (unpaired) electrons. The third-order valence-electron chi connectivity index (χ3n) is 3.74. The Bertz CT molecular complexity index is 183. The van der Waals surface area contributed by atoms with Gasteiger partial charge in [0, 0.05) is 18.6 Å². The van der Waals surface area contributed by atoms with Crippen molar-refractivity contribution in [2.24, 2.45) is 5.92 Å². The van der Waals surface area contributed by atoms with Crippen molar-refractivity contribution in [2.45, 2.75) is 71.9 Å². The Hall–Kier alpha value is -0.0800. The number of nitrogens with one attached hydrogen (secondary N) is 1. The molecule has 2 nitrogen and oxygen atoms in total. The van der Waals surface area contributed by atoms with E-state index >= 15 is 0 Å². The molecule has 0 aromatic carbocycles. The van der Waals surface area contributed by atoms with Crippen LogP contribution in [0.1, 0.15) is 59.8 Å². The molecule has 0 saturated heterocycles. The van der Waals surface area contributed by atoms with Crippen LogP contribution in [0.15, 0.2) is 0 Å². The molecule has 0 aliphatic heterocycles. The molecule has 0 amide bonds. The van der Waals surface area contributed by atoms with Crippen molar-refractivity contribution in [3.8, 4) is 0 Å². The lowest BCUT2D eigenvalue weighted by Crippen LogP contribution is -2.37. The van der Waals surface area contributed by atoms with Crippen LogP contribution in [0.2, 0.25) is 0 Å². The highest BCUT2D eigenvalue weighted by molar-refractivity contribution is 4.74. The minimum absolute atomic E-state index is 0.684. The first kappa shape index (κ1) is 15.0. The molecular formula is C15H32N2. The zero-order valence-corrected chi connectivity index (χ0v) is 12.3. The van der Waals surface area contributed by atoms with Crippen LogP contribution in [0.3, 0.4) is 0 Å². The SMILES string of the molecule is CC(C)CN(CCCNC1CCCC1)C(C)C. The highest BCUT2D eigenvalue weighted by Gasteiger charge is 2.14. The van der Waals surface area contributed by atoms with Crippen molar-refractivity contribution in [1.82, 2.24) is 10.2 Å². The van der Waals surface area contributed by atoms with Gasteiger partial charge in [-0.2, -0.15) is 0 Å². The molecule has 0 bridgehead atoms. The fraction of sp³-hybridized carbons (Fsp3) is 1.00. The Balaban J connectivity index is 2.09. The van der Waals surface area contributed by atoms with Gasteiger partial charge in [0.1, 0.15) is 0 Å². The molecule has 1 aliphatic carbocycles. The molecule has 2 heteroatoms. The molecule has 1 N–H and O–H groups in total. The summed E-state index contributed by atoms with van der Waals surface area (Å²) in [7, 11) is 0. The molecule has 0 aromatic rings. The van der Waals surface area contributed by atoms with Gasteiger partial charge in [-0.15, -0.1) is 0 Å². The molecule has 0 unspecified atom stereocenters. The fourth-order valence-electron chi connectivity index (χ4n) is 2.75. The summed E-state index contributed by atoms with van der Waals surface area (Å²) in [5, 5.41) is 3.70. The van der Waals surface area contributed by atoms with E-state index in [2.05, 4.69) is 37.9 Å². The van der Waals surface area contributed by atoms with E-state index in [-0.39, 0.29) is 0 Å². The van der Waals surface area contributed by atoms with E-state index in [9.17, 15) is 0 Å². The topological polar surface area (TPSA) is 15.3 Å². The normalized spacial score (nSPS) is 17.8. The fourth-order valence-corrected chi connectivity index (χ4v) is 2.75. The molecule has 1 rings (SSSR count). The maximum atomic E-state index is 3.70. The van der Waals surface area contributed by atoms with Crippen LogP contribution >= 0.6 is 0 Å². The minimum Gasteiger partial charge on any atom is -0.314 e. The molecule has 0 atom stereocenters. The van der Waals surface area contributed by atoms with Gasteiger partial charge in [0.05, 0.1) is 0 Å². The largest absolute Gasteiger partial charge is 0.314 e. The quantitative estimate of drug-likeness (QED) is 0.655. The maximum absolute atomic E-state index is 3.70. The van der Waals surface area contributed by atoms with E-state index in [4.69, 9.17) is 0 Å². The molecule has 0 spiro atoms. The summed E-state index contributed by atoms with van der Waals surface area (Å²) in [6.45, 7) is 12.9. The van der Waals surface area contributed by atoms with Crippen LogP contribution in [0.4, 0.5) is 0 Å². The van der Waals surface area contributed by atoms with Crippen LogP contribution in [-0.2, 0) is 0 Å². The van der Waals surface area contributed by atoms with Crippen molar-refractivity contribution in [2.75, 3.05) is 19.6 Å². The average molecular weight is 240 g/mol. The van der Waals surface area contributed by atoms with E-state index in [1.165, 1.54) is 51.7 Å². The van der Waals surface area contributed by atoms with Gasteiger partial charge in [0.2, 0.25) is 0 Å². The summed E-state index contributed by atoms with van der Waals surface area (Å²) in [5.74, 6) is 0.778. The van der Waals surface area contributed by atoms with Crippen molar-refractivity contribution in [3.05, 3.63) is 0 Å². The monoisotopic (exact) mass is 240 g/mol. The predicted octanol–water partition coefficient (Wildman–Crippen LogP) is 3.28. The van der Waals surface area contributed by atoms with Crippen molar-refractivity contribution in [3.63, 3.8) is 0 Å². The number of rotatable bonds is 8. The smallest absolute Gasteiger partial charge is 0.00670 e. The molecule has 0 heterocycles. The van der Waals surface area contributed by atoms with Crippen LogP contribution in [-0.4, -0.2) is 36.6 Å². The Kier molecular flexibility index (Phi) is 7.14. The maximum Gasteiger partial charge on any atom is 0.00670 e. The number of hydrogen-bond donors (Lipinski definition) is 1. The van der Waals surface area contributed by atoms with Crippen molar-refractivity contribution >= 4 is 0 Å². The van der Waals surface area contributed by atoms with Crippen LogP contribution in [0, 0.1) is 5.92 Å². The van der Waals surface area contributed by atoms with Crippen LogP contribution < -0.4 is 5.32 Å². The minimum atomic E-state index is 0.684. The van der Waals surface area contributed by atoms with Gasteiger partial charge in [0.15, 0.2) is 0 Å². The van der Waals surface area contributed by atoms with E-state index in [0.29, 0.717) is 6.04 Å². The van der Waals surface area contributed by atoms with Crippen molar-refractivity contribution in [1.29, 1.82) is 0 Å². The molecule has 0 aromatic heterocycles. The number of nitrogens with zero attached hydrogens (tertiary/aromatic N) is 1. The second-order valence-electron chi connectivity index (χ2n) is 6.27. The Morgan fingerprint density at radius 3 is 2.29 bits per heavy atom. The average Bonchev–Trinajstić information content (AvgIpc) is 2.74. The number of hydrogen-bond acceptors (Lipinski definition) is 2. The van der Waals surface area contributed by atoms with E-state index in [0.717, 1.165) is 12.0 Å². The second kappa shape index (κ2) is 8.10. The van der Waals surface area contributed by atoms with Gasteiger partial charge >= 0.3 is 0 Å². The van der Waals surface area contributed by atoms with Crippen molar-refractivity contribution < 1.29 is 0 Å². The van der Waals surface area contributed by atoms with Gasteiger partial charge < -0.3 is 10.2 Å². The summed E-state index contributed by atoms with van der Waals surface area (Å²) in [5.41, 5.74) is 0. The van der Waals surface area contributed by atoms with Crippen LogP contribution in [0.5, 0.6) is 0 Å². The molecular weight excluding hydrogens is 208 g/mol. The third-order valence-corrected chi connectivity index (χ3v) is 3.74. The van der Waals surface area contributed by atoms with E-state index < -0.39 is 0 Å². The summed E-state index contributed by atoms with van der Waals surface area (Å²) >= 11 is 0. The van der Waals surface area contributed by atoms with Crippen LogP contribution in [0.25, 0.3) is 0 Å². The Morgan fingerprint density at radius 1 is 1.12 bits per heavy atom. The molecule has 1 fully saturated rings. The molecule has 1 aliphatic rings. The first-order valence-corrected chi connectivity index (χ1v) is 7.57.